The van der Waals surface area contributed by atoms with Gasteiger partial charge in [-0.15, -0.1) is 0 Å². The standard InChI is InChI=1S/C16H26O4/c1-13(2)9-14-10-15(19-7-5-17-3)12-16(11-14)20-8-6-18-4/h10-13H,5-9H2,1-4H3. The highest BCUT2D eigenvalue weighted by molar-refractivity contribution is 5.38. The summed E-state index contributed by atoms with van der Waals surface area (Å²) >= 11 is 0. The topological polar surface area (TPSA) is 36.9 Å². The van der Waals surface area contributed by atoms with E-state index in [2.05, 4.69) is 26.0 Å². The highest BCUT2D eigenvalue weighted by atomic mass is 16.5. The molecule has 0 aliphatic carbocycles. The van der Waals surface area contributed by atoms with E-state index in [0.29, 0.717) is 32.3 Å². The van der Waals surface area contributed by atoms with Gasteiger partial charge < -0.3 is 18.9 Å². The van der Waals surface area contributed by atoms with Crippen LogP contribution in [0.4, 0.5) is 0 Å². The van der Waals surface area contributed by atoms with Crippen molar-refractivity contribution in [2.45, 2.75) is 20.3 Å². The minimum absolute atomic E-state index is 0.541. The second-order valence-corrected chi connectivity index (χ2v) is 5.09. The van der Waals surface area contributed by atoms with Gasteiger partial charge in [0.05, 0.1) is 13.2 Å². The van der Waals surface area contributed by atoms with Crippen molar-refractivity contribution in [2.75, 3.05) is 40.6 Å². The smallest absolute Gasteiger partial charge is 0.123 e. The number of ether oxygens (including phenoxy) is 4. The predicted molar refractivity (Wildman–Crippen MR) is 79.7 cm³/mol. The van der Waals surface area contributed by atoms with E-state index in [0.717, 1.165) is 17.9 Å². The lowest BCUT2D eigenvalue weighted by Gasteiger charge is -2.13. The van der Waals surface area contributed by atoms with Crippen LogP contribution in [0, 0.1) is 5.92 Å². The zero-order valence-corrected chi connectivity index (χ0v) is 13.0. The van der Waals surface area contributed by atoms with E-state index in [4.69, 9.17) is 18.9 Å². The molecule has 0 amide bonds. The molecule has 0 aliphatic rings. The summed E-state index contributed by atoms with van der Waals surface area (Å²) in [6, 6.07) is 6.05. The first-order chi connectivity index (χ1) is 9.65. The van der Waals surface area contributed by atoms with Crippen molar-refractivity contribution in [3.05, 3.63) is 23.8 Å². The van der Waals surface area contributed by atoms with Crippen LogP contribution in [0.2, 0.25) is 0 Å². The van der Waals surface area contributed by atoms with E-state index in [1.54, 1.807) is 14.2 Å². The molecule has 0 unspecified atom stereocenters. The van der Waals surface area contributed by atoms with Crippen LogP contribution in [0.1, 0.15) is 19.4 Å². The van der Waals surface area contributed by atoms with Crippen molar-refractivity contribution < 1.29 is 18.9 Å². The quantitative estimate of drug-likeness (QED) is 0.618. The summed E-state index contributed by atoms with van der Waals surface area (Å²) in [6.07, 6.45) is 1.00. The number of methoxy groups -OCH3 is 2. The molecule has 1 rings (SSSR count). The number of hydrogen-bond donors (Lipinski definition) is 0. The molecule has 0 fully saturated rings. The molecule has 20 heavy (non-hydrogen) atoms. The third-order valence-corrected chi connectivity index (χ3v) is 2.70. The van der Waals surface area contributed by atoms with Gasteiger partial charge in [-0.1, -0.05) is 13.8 Å². The Labute approximate surface area is 122 Å². The van der Waals surface area contributed by atoms with Crippen LogP contribution in [0.3, 0.4) is 0 Å². The van der Waals surface area contributed by atoms with Crippen LogP contribution >= 0.6 is 0 Å². The largest absolute Gasteiger partial charge is 0.491 e. The minimum Gasteiger partial charge on any atom is -0.491 e. The van der Waals surface area contributed by atoms with Gasteiger partial charge in [-0.3, -0.25) is 0 Å². The van der Waals surface area contributed by atoms with Crippen LogP contribution in [-0.2, 0) is 15.9 Å². The van der Waals surface area contributed by atoms with Crippen LogP contribution in [-0.4, -0.2) is 40.6 Å². The molecule has 0 aromatic heterocycles. The predicted octanol–water partition coefficient (Wildman–Crippen LogP) is 2.94. The summed E-state index contributed by atoms with van der Waals surface area (Å²) in [6.45, 7) is 6.63. The Hall–Kier alpha value is -1.26. The molecule has 0 radical (unpaired) electrons. The number of hydrogen-bond acceptors (Lipinski definition) is 4. The molecule has 1 aromatic rings. The fourth-order valence-corrected chi connectivity index (χ4v) is 1.87. The van der Waals surface area contributed by atoms with Crippen LogP contribution in [0.5, 0.6) is 11.5 Å². The van der Waals surface area contributed by atoms with Crippen LogP contribution in [0.15, 0.2) is 18.2 Å². The zero-order valence-electron chi connectivity index (χ0n) is 13.0. The second-order valence-electron chi connectivity index (χ2n) is 5.09. The lowest BCUT2D eigenvalue weighted by molar-refractivity contribution is 0.142. The van der Waals surface area contributed by atoms with E-state index in [1.165, 1.54) is 5.56 Å². The van der Waals surface area contributed by atoms with Crippen molar-refractivity contribution in [2.24, 2.45) is 5.92 Å². The molecule has 0 spiro atoms. The Morgan fingerprint density at radius 2 is 1.30 bits per heavy atom. The molecule has 4 heteroatoms. The normalized spacial score (nSPS) is 10.8. The Morgan fingerprint density at radius 3 is 1.70 bits per heavy atom. The van der Waals surface area contributed by atoms with Crippen molar-refractivity contribution in [3.8, 4) is 11.5 Å². The van der Waals surface area contributed by atoms with Gasteiger partial charge in [0, 0.05) is 20.3 Å². The van der Waals surface area contributed by atoms with Gasteiger partial charge in [-0.2, -0.15) is 0 Å². The second kappa shape index (κ2) is 9.61. The first-order valence-corrected chi connectivity index (χ1v) is 7.03. The molecule has 0 heterocycles. The van der Waals surface area contributed by atoms with Gasteiger partial charge in [-0.05, 0) is 30.0 Å². The third kappa shape index (κ3) is 6.78. The fourth-order valence-electron chi connectivity index (χ4n) is 1.87. The summed E-state index contributed by atoms with van der Waals surface area (Å²) in [4.78, 5) is 0. The average Bonchev–Trinajstić information content (AvgIpc) is 2.38. The van der Waals surface area contributed by atoms with Gasteiger partial charge in [0.15, 0.2) is 0 Å². The maximum absolute atomic E-state index is 5.68. The summed E-state index contributed by atoms with van der Waals surface area (Å²) in [5.41, 5.74) is 1.22. The van der Waals surface area contributed by atoms with E-state index >= 15 is 0 Å². The molecule has 0 N–H and O–H groups in total. The highest BCUT2D eigenvalue weighted by Gasteiger charge is 2.05. The van der Waals surface area contributed by atoms with Gasteiger partial charge in [0.2, 0.25) is 0 Å². The minimum atomic E-state index is 0.541. The SMILES string of the molecule is COCCOc1cc(CC(C)C)cc(OCCOC)c1. The lowest BCUT2D eigenvalue weighted by atomic mass is 10.0. The molecule has 1 aromatic carbocycles. The molecular weight excluding hydrogens is 256 g/mol. The van der Waals surface area contributed by atoms with E-state index in [-0.39, 0.29) is 0 Å². The van der Waals surface area contributed by atoms with Crippen LogP contribution < -0.4 is 9.47 Å². The van der Waals surface area contributed by atoms with Crippen molar-refractivity contribution in [1.29, 1.82) is 0 Å². The van der Waals surface area contributed by atoms with E-state index in [9.17, 15) is 0 Å². The Bertz CT molecular complexity index is 348. The van der Waals surface area contributed by atoms with Gasteiger partial charge >= 0.3 is 0 Å². The molecule has 0 atom stereocenters. The van der Waals surface area contributed by atoms with Crippen LogP contribution in [0.25, 0.3) is 0 Å². The Morgan fingerprint density at radius 1 is 0.800 bits per heavy atom. The van der Waals surface area contributed by atoms with Gasteiger partial charge in [0.1, 0.15) is 24.7 Å². The molecule has 0 bridgehead atoms. The van der Waals surface area contributed by atoms with Gasteiger partial charge in [0.25, 0.3) is 0 Å². The molecule has 0 saturated carbocycles. The van der Waals surface area contributed by atoms with Gasteiger partial charge in [-0.25, -0.2) is 0 Å². The molecule has 0 aliphatic heterocycles. The molecule has 4 nitrogen and oxygen atoms in total. The third-order valence-electron chi connectivity index (χ3n) is 2.70. The Balaban J connectivity index is 2.72. The summed E-state index contributed by atoms with van der Waals surface area (Å²) in [7, 11) is 3.33. The fraction of sp³-hybridized carbons (Fsp3) is 0.625. The number of benzene rings is 1. The summed E-state index contributed by atoms with van der Waals surface area (Å²) in [5, 5.41) is 0. The lowest BCUT2D eigenvalue weighted by Crippen LogP contribution is -2.07. The summed E-state index contributed by atoms with van der Waals surface area (Å²) in [5.74, 6) is 2.25. The van der Waals surface area contributed by atoms with Crippen molar-refractivity contribution in [3.63, 3.8) is 0 Å². The van der Waals surface area contributed by atoms with Crippen molar-refractivity contribution in [1.82, 2.24) is 0 Å². The molecule has 0 saturated heterocycles. The van der Waals surface area contributed by atoms with E-state index < -0.39 is 0 Å². The first kappa shape index (κ1) is 16.8. The molecule has 114 valence electrons. The van der Waals surface area contributed by atoms with Crippen molar-refractivity contribution >= 4 is 0 Å². The number of rotatable bonds is 10. The monoisotopic (exact) mass is 282 g/mol. The first-order valence-electron chi connectivity index (χ1n) is 7.03. The summed E-state index contributed by atoms with van der Waals surface area (Å²) < 4.78 is 21.3. The molecular formula is C16H26O4. The zero-order chi connectivity index (χ0) is 14.8. The highest BCUT2D eigenvalue weighted by Crippen LogP contribution is 2.24. The average molecular weight is 282 g/mol. The maximum atomic E-state index is 5.68. The maximum Gasteiger partial charge on any atom is 0.123 e. The van der Waals surface area contributed by atoms with E-state index in [1.807, 2.05) is 6.07 Å². The Kier molecular flexibility index (Phi) is 8.07.